The number of hydrogen-bond acceptors (Lipinski definition) is 6. The molecule has 1 aliphatic heterocycles. The van der Waals surface area contributed by atoms with Gasteiger partial charge in [-0.05, 0) is 31.5 Å². The molecule has 146 valence electrons. The van der Waals surface area contributed by atoms with E-state index in [-0.39, 0.29) is 29.4 Å². The van der Waals surface area contributed by atoms with Gasteiger partial charge in [-0.15, -0.1) is 13.2 Å². The maximum atomic E-state index is 12.3. The van der Waals surface area contributed by atoms with Gasteiger partial charge < -0.3 is 20.7 Å². The highest BCUT2D eigenvalue weighted by Gasteiger charge is 2.31. The Balaban J connectivity index is 1.55. The quantitative estimate of drug-likeness (QED) is 0.714. The minimum absolute atomic E-state index is 0.213. The number of rotatable bonds is 5. The maximum absolute atomic E-state index is 12.3. The van der Waals surface area contributed by atoms with Gasteiger partial charge >= 0.3 is 6.36 Å². The number of carbonyl (C=O) groups is 2. The van der Waals surface area contributed by atoms with Crippen LogP contribution in [0.4, 0.5) is 18.3 Å². The van der Waals surface area contributed by atoms with Gasteiger partial charge in [-0.2, -0.15) is 0 Å². The number of hydrogen-bond donors (Lipinski definition) is 3. The van der Waals surface area contributed by atoms with Crippen molar-refractivity contribution in [1.82, 2.24) is 15.6 Å². The van der Waals surface area contributed by atoms with E-state index in [2.05, 4.69) is 25.7 Å². The molecule has 0 saturated carbocycles. The molecular formula is C16H17F3N4O3S. The molecule has 2 heterocycles. The number of halogens is 3. The molecule has 27 heavy (non-hydrogen) atoms. The summed E-state index contributed by atoms with van der Waals surface area (Å²) in [7, 11) is 0. The van der Waals surface area contributed by atoms with Crippen LogP contribution in [0, 0.1) is 0 Å². The fourth-order valence-electron chi connectivity index (χ4n) is 2.69. The van der Waals surface area contributed by atoms with Crippen LogP contribution in [0.15, 0.2) is 18.2 Å². The zero-order valence-electron chi connectivity index (χ0n) is 14.1. The highest BCUT2D eigenvalue weighted by Crippen LogP contribution is 2.31. The molecule has 1 saturated heterocycles. The van der Waals surface area contributed by atoms with Gasteiger partial charge in [-0.25, -0.2) is 4.98 Å². The smallest absolute Gasteiger partial charge is 0.406 e. The Morgan fingerprint density at radius 1 is 1.33 bits per heavy atom. The largest absolute Gasteiger partial charge is 0.573 e. The molecule has 0 radical (unpaired) electrons. The fraction of sp³-hybridized carbons (Fsp3) is 0.438. The molecule has 1 aromatic carbocycles. The van der Waals surface area contributed by atoms with Crippen LogP contribution in [0.2, 0.25) is 0 Å². The van der Waals surface area contributed by atoms with Crippen molar-refractivity contribution in [2.45, 2.75) is 31.7 Å². The van der Waals surface area contributed by atoms with Gasteiger partial charge in [-0.1, -0.05) is 17.8 Å². The summed E-state index contributed by atoms with van der Waals surface area (Å²) in [6, 6.07) is 3.44. The summed E-state index contributed by atoms with van der Waals surface area (Å²) in [6.07, 6.45) is -2.06. The van der Waals surface area contributed by atoms with Gasteiger partial charge in [0.2, 0.25) is 11.8 Å². The molecule has 1 aliphatic rings. The molecule has 0 spiro atoms. The van der Waals surface area contributed by atoms with E-state index in [0.717, 1.165) is 43.2 Å². The third kappa shape index (κ3) is 5.54. The fourth-order valence-corrected chi connectivity index (χ4v) is 3.60. The van der Waals surface area contributed by atoms with Crippen LogP contribution < -0.4 is 20.7 Å². The van der Waals surface area contributed by atoms with E-state index in [1.165, 1.54) is 12.1 Å². The number of alkyl halides is 3. The lowest BCUT2D eigenvalue weighted by Crippen LogP contribution is -2.48. The number of ether oxygens (including phenoxy) is 1. The average Bonchev–Trinajstić information content (AvgIpc) is 3.00. The molecule has 2 amide bonds. The topological polar surface area (TPSA) is 92.4 Å². The summed E-state index contributed by atoms with van der Waals surface area (Å²) in [4.78, 5) is 28.1. The van der Waals surface area contributed by atoms with Gasteiger partial charge in [0.25, 0.3) is 0 Å². The molecule has 0 aliphatic carbocycles. The molecule has 1 atom stereocenters. The number of amides is 2. The number of carbonyl (C=O) groups excluding carboxylic acids is 2. The molecule has 3 rings (SSSR count). The summed E-state index contributed by atoms with van der Waals surface area (Å²) in [5.74, 6) is -1.06. The van der Waals surface area contributed by atoms with Crippen molar-refractivity contribution >= 4 is 38.5 Å². The first-order valence-electron chi connectivity index (χ1n) is 8.27. The molecule has 0 unspecified atom stereocenters. The monoisotopic (exact) mass is 402 g/mol. The van der Waals surface area contributed by atoms with Crippen molar-refractivity contribution in [1.29, 1.82) is 0 Å². The Bertz CT molecular complexity index is 834. The second-order valence-electron chi connectivity index (χ2n) is 5.96. The second-order valence-corrected chi connectivity index (χ2v) is 7.00. The molecular weight excluding hydrogens is 385 g/mol. The number of nitrogens with one attached hydrogen (secondary N) is 3. The van der Waals surface area contributed by atoms with E-state index < -0.39 is 12.3 Å². The number of aromatic nitrogens is 1. The Morgan fingerprint density at radius 3 is 2.85 bits per heavy atom. The number of anilines is 1. The van der Waals surface area contributed by atoms with Crippen LogP contribution >= 0.6 is 11.3 Å². The third-order valence-corrected chi connectivity index (χ3v) is 4.82. The van der Waals surface area contributed by atoms with E-state index in [1.54, 1.807) is 0 Å². The van der Waals surface area contributed by atoms with E-state index in [9.17, 15) is 22.8 Å². The van der Waals surface area contributed by atoms with Gasteiger partial charge in [0.05, 0.1) is 22.8 Å². The normalized spacial score (nSPS) is 17.5. The minimum atomic E-state index is -4.78. The Hall–Kier alpha value is -2.40. The summed E-state index contributed by atoms with van der Waals surface area (Å²) < 4.78 is 41.1. The zero-order chi connectivity index (χ0) is 19.4. The Morgan fingerprint density at radius 2 is 2.15 bits per heavy atom. The standard InChI is InChI=1S/C16H17F3N4O3S/c17-16(18,19)26-9-4-5-10-12(7-9)27-15(22-10)23-13(24)8-21-14(25)11-3-1-2-6-20-11/h4-5,7,11,20H,1-3,6,8H2,(H,21,25)(H,22,23,24)/t11-/m0/s1. The van der Waals surface area contributed by atoms with Crippen molar-refractivity contribution in [2.24, 2.45) is 0 Å². The predicted octanol–water partition coefficient (Wildman–Crippen LogP) is 2.39. The second kappa shape index (κ2) is 8.09. The lowest BCUT2D eigenvalue weighted by Gasteiger charge is -2.22. The average molecular weight is 402 g/mol. The van der Waals surface area contributed by atoms with Gasteiger partial charge in [0.15, 0.2) is 5.13 Å². The highest BCUT2D eigenvalue weighted by atomic mass is 32.1. The Labute approximate surface area is 156 Å². The third-order valence-electron chi connectivity index (χ3n) is 3.89. The van der Waals surface area contributed by atoms with E-state index in [4.69, 9.17) is 0 Å². The summed E-state index contributed by atoms with van der Waals surface area (Å²) in [6.45, 7) is 0.561. The SMILES string of the molecule is O=C(CNC(=O)[C@@H]1CCCCN1)Nc1nc2ccc(OC(F)(F)F)cc2s1. The van der Waals surface area contributed by atoms with Crippen molar-refractivity contribution in [2.75, 3.05) is 18.4 Å². The van der Waals surface area contributed by atoms with Crippen LogP contribution in [0.1, 0.15) is 19.3 Å². The van der Waals surface area contributed by atoms with Crippen LogP contribution in [0.5, 0.6) is 5.75 Å². The number of piperidine rings is 1. The van der Waals surface area contributed by atoms with Crippen LogP contribution in [-0.2, 0) is 9.59 Å². The minimum Gasteiger partial charge on any atom is -0.406 e. The highest BCUT2D eigenvalue weighted by molar-refractivity contribution is 7.22. The first-order valence-corrected chi connectivity index (χ1v) is 9.09. The molecule has 3 N–H and O–H groups in total. The molecule has 7 nitrogen and oxygen atoms in total. The van der Waals surface area contributed by atoms with Gasteiger partial charge in [0, 0.05) is 6.07 Å². The van der Waals surface area contributed by atoms with Crippen molar-refractivity contribution in [3.05, 3.63) is 18.2 Å². The lowest BCUT2D eigenvalue weighted by atomic mass is 10.0. The van der Waals surface area contributed by atoms with Gasteiger partial charge in [-0.3, -0.25) is 9.59 Å². The molecule has 1 fully saturated rings. The van der Waals surface area contributed by atoms with Crippen LogP contribution in [-0.4, -0.2) is 42.3 Å². The van der Waals surface area contributed by atoms with E-state index in [0.29, 0.717) is 10.2 Å². The first-order chi connectivity index (χ1) is 12.8. The number of fused-ring (bicyclic) bond motifs is 1. The number of thiazole rings is 1. The predicted molar refractivity (Wildman–Crippen MR) is 93.6 cm³/mol. The van der Waals surface area contributed by atoms with Crippen molar-refractivity contribution in [3.63, 3.8) is 0 Å². The van der Waals surface area contributed by atoms with Crippen molar-refractivity contribution < 1.29 is 27.5 Å². The van der Waals surface area contributed by atoms with Crippen LogP contribution in [0.3, 0.4) is 0 Å². The molecule has 2 aromatic rings. The summed E-state index contributed by atoms with van der Waals surface area (Å²) in [5, 5.41) is 8.40. The molecule has 0 bridgehead atoms. The van der Waals surface area contributed by atoms with E-state index >= 15 is 0 Å². The number of nitrogens with zero attached hydrogens (tertiary/aromatic N) is 1. The first kappa shape index (κ1) is 19.4. The Kier molecular flexibility index (Phi) is 5.80. The molecule has 11 heteroatoms. The van der Waals surface area contributed by atoms with Gasteiger partial charge in [0.1, 0.15) is 5.75 Å². The molecule has 1 aromatic heterocycles. The van der Waals surface area contributed by atoms with Crippen molar-refractivity contribution in [3.8, 4) is 5.75 Å². The maximum Gasteiger partial charge on any atom is 0.573 e. The summed E-state index contributed by atoms with van der Waals surface area (Å²) in [5.41, 5.74) is 0.431. The van der Waals surface area contributed by atoms with E-state index in [1.807, 2.05) is 0 Å². The number of benzene rings is 1. The van der Waals surface area contributed by atoms with Crippen LogP contribution in [0.25, 0.3) is 10.2 Å². The summed E-state index contributed by atoms with van der Waals surface area (Å²) >= 11 is 1.01. The zero-order valence-corrected chi connectivity index (χ0v) is 14.9. The lowest BCUT2D eigenvalue weighted by molar-refractivity contribution is -0.274.